The maximum absolute atomic E-state index is 12.2. The molecule has 2 amide bonds. The number of benzene rings is 1. The van der Waals surface area contributed by atoms with Crippen LogP contribution < -0.4 is 20.1 Å². The predicted molar refractivity (Wildman–Crippen MR) is 96.9 cm³/mol. The van der Waals surface area contributed by atoms with Crippen molar-refractivity contribution in [1.82, 2.24) is 5.16 Å². The molecule has 1 aromatic carbocycles. The van der Waals surface area contributed by atoms with E-state index in [9.17, 15) is 4.79 Å². The van der Waals surface area contributed by atoms with Crippen molar-refractivity contribution in [2.75, 3.05) is 10.6 Å². The SMILES string of the molecule is Cc1cc(NC(=O)Nc2cc(Cl)c(OC(C)C)cc2OC(C)C)no1. The number of aromatic nitrogens is 1. The molecular weight excluding hydrogens is 346 g/mol. The van der Waals surface area contributed by atoms with Crippen molar-refractivity contribution in [3.8, 4) is 11.5 Å². The van der Waals surface area contributed by atoms with Gasteiger partial charge in [0.1, 0.15) is 17.3 Å². The van der Waals surface area contributed by atoms with Gasteiger partial charge in [0, 0.05) is 12.1 Å². The summed E-state index contributed by atoms with van der Waals surface area (Å²) in [5.74, 6) is 1.86. The summed E-state index contributed by atoms with van der Waals surface area (Å²) in [6.45, 7) is 9.31. The Morgan fingerprint density at radius 2 is 1.72 bits per heavy atom. The fraction of sp³-hybridized carbons (Fsp3) is 0.412. The number of anilines is 2. The van der Waals surface area contributed by atoms with E-state index in [4.69, 9.17) is 25.6 Å². The highest BCUT2D eigenvalue weighted by atomic mass is 35.5. The molecule has 2 aromatic rings. The smallest absolute Gasteiger partial charge is 0.325 e. The molecule has 136 valence electrons. The molecule has 0 saturated carbocycles. The number of urea groups is 1. The second-order valence-electron chi connectivity index (χ2n) is 6.01. The zero-order valence-electron chi connectivity index (χ0n) is 14.8. The molecule has 0 unspecified atom stereocenters. The highest BCUT2D eigenvalue weighted by Gasteiger charge is 2.16. The molecule has 0 aliphatic heterocycles. The quantitative estimate of drug-likeness (QED) is 0.761. The van der Waals surface area contributed by atoms with Crippen LogP contribution in [-0.2, 0) is 0 Å². The van der Waals surface area contributed by atoms with E-state index in [-0.39, 0.29) is 12.2 Å². The molecule has 0 spiro atoms. The summed E-state index contributed by atoms with van der Waals surface area (Å²) in [5.41, 5.74) is 0.424. The molecule has 1 heterocycles. The van der Waals surface area contributed by atoms with E-state index in [0.29, 0.717) is 33.8 Å². The van der Waals surface area contributed by atoms with Gasteiger partial charge in [0.15, 0.2) is 5.82 Å². The van der Waals surface area contributed by atoms with Crippen LogP contribution in [-0.4, -0.2) is 23.4 Å². The number of hydrogen-bond donors (Lipinski definition) is 2. The van der Waals surface area contributed by atoms with Crippen LogP contribution in [0, 0.1) is 6.92 Å². The number of nitrogens with one attached hydrogen (secondary N) is 2. The Labute approximate surface area is 151 Å². The van der Waals surface area contributed by atoms with Crippen molar-refractivity contribution in [2.24, 2.45) is 0 Å². The van der Waals surface area contributed by atoms with E-state index in [2.05, 4.69) is 15.8 Å². The lowest BCUT2D eigenvalue weighted by atomic mass is 10.2. The van der Waals surface area contributed by atoms with Crippen LogP contribution in [0.4, 0.5) is 16.3 Å². The van der Waals surface area contributed by atoms with Gasteiger partial charge in [-0.15, -0.1) is 0 Å². The van der Waals surface area contributed by atoms with E-state index in [1.165, 1.54) is 0 Å². The minimum Gasteiger partial charge on any atom is -0.489 e. The second kappa shape index (κ2) is 8.11. The first-order chi connectivity index (χ1) is 11.7. The lowest BCUT2D eigenvalue weighted by molar-refractivity contribution is 0.229. The number of aryl methyl sites for hydroxylation is 1. The lowest BCUT2D eigenvalue weighted by Gasteiger charge is -2.18. The number of halogens is 1. The van der Waals surface area contributed by atoms with Crippen LogP contribution in [0.25, 0.3) is 0 Å². The van der Waals surface area contributed by atoms with Gasteiger partial charge >= 0.3 is 6.03 Å². The molecule has 25 heavy (non-hydrogen) atoms. The van der Waals surface area contributed by atoms with E-state index in [0.717, 1.165) is 0 Å². The van der Waals surface area contributed by atoms with Crippen molar-refractivity contribution in [2.45, 2.75) is 46.8 Å². The van der Waals surface area contributed by atoms with E-state index < -0.39 is 6.03 Å². The normalized spacial score (nSPS) is 10.9. The zero-order chi connectivity index (χ0) is 18.6. The Morgan fingerprint density at radius 1 is 1.08 bits per heavy atom. The Morgan fingerprint density at radius 3 is 2.28 bits per heavy atom. The molecule has 2 N–H and O–H groups in total. The fourth-order valence-corrected chi connectivity index (χ4v) is 2.23. The number of carbonyl (C=O) groups is 1. The van der Waals surface area contributed by atoms with Crippen molar-refractivity contribution in [3.63, 3.8) is 0 Å². The molecule has 0 aliphatic rings. The van der Waals surface area contributed by atoms with Crippen LogP contribution in [0.3, 0.4) is 0 Å². The molecule has 0 atom stereocenters. The molecule has 0 fully saturated rings. The number of ether oxygens (including phenoxy) is 2. The number of hydrogen-bond acceptors (Lipinski definition) is 5. The number of rotatable bonds is 6. The molecular formula is C17H22ClN3O4. The third-order valence-corrected chi connectivity index (χ3v) is 3.17. The van der Waals surface area contributed by atoms with Gasteiger partial charge in [0.2, 0.25) is 0 Å². The molecule has 0 aliphatic carbocycles. The first kappa shape index (κ1) is 18.9. The molecule has 0 radical (unpaired) electrons. The fourth-order valence-electron chi connectivity index (χ4n) is 2.02. The summed E-state index contributed by atoms with van der Waals surface area (Å²) < 4.78 is 16.3. The molecule has 8 heteroatoms. The standard InChI is InChI=1S/C17H22ClN3O4/c1-9(2)23-14-8-15(24-10(3)4)13(7-12(14)18)19-17(22)20-16-6-11(5)25-21-16/h6-10H,1-5H3,(H2,19,20,21,22). The van der Waals surface area contributed by atoms with Crippen LogP contribution >= 0.6 is 11.6 Å². The van der Waals surface area contributed by atoms with E-state index in [1.54, 1.807) is 25.1 Å². The van der Waals surface area contributed by atoms with Crippen LogP contribution in [0.1, 0.15) is 33.5 Å². The number of amides is 2. The summed E-state index contributed by atoms with van der Waals surface area (Å²) in [6.07, 6.45) is -0.128. The predicted octanol–water partition coefficient (Wildman–Crippen LogP) is 4.85. The third kappa shape index (κ3) is 5.56. The minimum absolute atomic E-state index is 0.0399. The summed E-state index contributed by atoms with van der Waals surface area (Å²) in [4.78, 5) is 12.2. The van der Waals surface area contributed by atoms with Gasteiger partial charge in [-0.05, 0) is 40.7 Å². The molecule has 7 nitrogen and oxygen atoms in total. The van der Waals surface area contributed by atoms with E-state index in [1.807, 2.05) is 27.7 Å². The maximum Gasteiger partial charge on any atom is 0.325 e. The van der Waals surface area contributed by atoms with Gasteiger partial charge in [-0.25, -0.2) is 4.79 Å². The molecule has 1 aromatic heterocycles. The third-order valence-electron chi connectivity index (χ3n) is 2.88. The molecule has 2 rings (SSSR count). The van der Waals surface area contributed by atoms with Gasteiger partial charge in [-0.1, -0.05) is 16.8 Å². The van der Waals surface area contributed by atoms with Gasteiger partial charge < -0.3 is 19.3 Å². The van der Waals surface area contributed by atoms with Gasteiger partial charge in [0.25, 0.3) is 0 Å². The topological polar surface area (TPSA) is 85.6 Å². The van der Waals surface area contributed by atoms with Crippen LogP contribution in [0.15, 0.2) is 22.7 Å². The second-order valence-corrected chi connectivity index (χ2v) is 6.42. The Bertz CT molecular complexity index is 743. The lowest BCUT2D eigenvalue weighted by Crippen LogP contribution is -2.21. The highest BCUT2D eigenvalue weighted by molar-refractivity contribution is 6.32. The van der Waals surface area contributed by atoms with Gasteiger partial charge in [-0.2, -0.15) is 0 Å². The average molecular weight is 368 g/mol. The van der Waals surface area contributed by atoms with Crippen LogP contribution in [0.5, 0.6) is 11.5 Å². The van der Waals surface area contributed by atoms with Crippen molar-refractivity contribution < 1.29 is 18.8 Å². The van der Waals surface area contributed by atoms with Crippen molar-refractivity contribution >= 4 is 29.1 Å². The van der Waals surface area contributed by atoms with Crippen molar-refractivity contribution in [3.05, 3.63) is 29.0 Å². The number of carbonyl (C=O) groups excluding carboxylic acids is 1. The highest BCUT2D eigenvalue weighted by Crippen LogP contribution is 2.37. The van der Waals surface area contributed by atoms with E-state index >= 15 is 0 Å². The Kier molecular flexibility index (Phi) is 6.14. The summed E-state index contributed by atoms with van der Waals surface area (Å²) in [7, 11) is 0. The summed E-state index contributed by atoms with van der Waals surface area (Å²) in [5, 5.41) is 9.35. The van der Waals surface area contributed by atoms with Crippen LogP contribution in [0.2, 0.25) is 5.02 Å². The first-order valence-corrected chi connectivity index (χ1v) is 8.30. The Hall–Kier alpha value is -2.41. The summed E-state index contributed by atoms with van der Waals surface area (Å²) >= 11 is 6.25. The molecule has 0 bridgehead atoms. The number of nitrogens with zero attached hydrogens (tertiary/aromatic N) is 1. The molecule has 0 saturated heterocycles. The van der Waals surface area contributed by atoms with Gasteiger partial charge in [-0.3, -0.25) is 5.32 Å². The first-order valence-electron chi connectivity index (χ1n) is 7.92. The zero-order valence-corrected chi connectivity index (χ0v) is 15.6. The average Bonchev–Trinajstić information content (AvgIpc) is 2.87. The largest absolute Gasteiger partial charge is 0.489 e. The van der Waals surface area contributed by atoms with Gasteiger partial charge in [0.05, 0.1) is 22.9 Å². The summed E-state index contributed by atoms with van der Waals surface area (Å²) in [6, 6.07) is 4.37. The maximum atomic E-state index is 12.2. The minimum atomic E-state index is -0.490. The monoisotopic (exact) mass is 367 g/mol. The Balaban J connectivity index is 2.22. The van der Waals surface area contributed by atoms with Crippen molar-refractivity contribution in [1.29, 1.82) is 0 Å².